The van der Waals surface area contributed by atoms with Crippen molar-refractivity contribution in [2.24, 2.45) is 0 Å². The molecule has 2 aromatic heterocycles. The van der Waals surface area contributed by atoms with Crippen molar-refractivity contribution in [2.75, 3.05) is 0 Å². The van der Waals surface area contributed by atoms with Crippen LogP contribution in [0.3, 0.4) is 0 Å². The lowest BCUT2D eigenvalue weighted by molar-refractivity contribution is 0.00658. The number of esters is 1. The van der Waals surface area contributed by atoms with Crippen LogP contribution in [0.15, 0.2) is 36.8 Å². The van der Waals surface area contributed by atoms with Crippen molar-refractivity contribution in [1.82, 2.24) is 14.4 Å². The molecule has 0 fully saturated rings. The van der Waals surface area contributed by atoms with Gasteiger partial charge in [0, 0.05) is 0 Å². The SMILES string of the molecule is CC(C)(C)OC(=O)c1ncn2c1cnc1ccccc12. The van der Waals surface area contributed by atoms with Crippen LogP contribution in [0.4, 0.5) is 0 Å². The monoisotopic (exact) mass is 269 g/mol. The maximum Gasteiger partial charge on any atom is 0.359 e. The van der Waals surface area contributed by atoms with Gasteiger partial charge in [0.25, 0.3) is 0 Å². The van der Waals surface area contributed by atoms with Crippen LogP contribution in [0.1, 0.15) is 31.3 Å². The van der Waals surface area contributed by atoms with Crippen LogP contribution in [-0.2, 0) is 4.74 Å². The molecule has 0 aliphatic rings. The number of aromatic nitrogens is 3. The first-order chi connectivity index (χ1) is 9.46. The van der Waals surface area contributed by atoms with Crippen molar-refractivity contribution in [1.29, 1.82) is 0 Å². The maximum absolute atomic E-state index is 12.1. The zero-order chi connectivity index (χ0) is 14.3. The number of para-hydroxylation sites is 2. The molecule has 20 heavy (non-hydrogen) atoms. The second kappa shape index (κ2) is 4.30. The zero-order valence-corrected chi connectivity index (χ0v) is 11.6. The fraction of sp³-hybridized carbons (Fsp3) is 0.267. The first-order valence-corrected chi connectivity index (χ1v) is 6.40. The molecule has 0 aliphatic heterocycles. The van der Waals surface area contributed by atoms with E-state index in [9.17, 15) is 4.79 Å². The van der Waals surface area contributed by atoms with E-state index in [2.05, 4.69) is 9.97 Å². The number of rotatable bonds is 1. The lowest BCUT2D eigenvalue weighted by Gasteiger charge is -2.18. The number of hydrogen-bond acceptors (Lipinski definition) is 4. The van der Waals surface area contributed by atoms with Gasteiger partial charge in [0.15, 0.2) is 5.69 Å². The highest BCUT2D eigenvalue weighted by atomic mass is 16.6. The molecule has 3 rings (SSSR count). The summed E-state index contributed by atoms with van der Waals surface area (Å²) in [5.41, 5.74) is 2.16. The summed E-state index contributed by atoms with van der Waals surface area (Å²) in [6, 6.07) is 7.71. The normalized spacial score (nSPS) is 11.9. The topological polar surface area (TPSA) is 56.5 Å². The van der Waals surface area contributed by atoms with Gasteiger partial charge in [-0.05, 0) is 32.9 Å². The molecule has 0 bridgehead atoms. The molecule has 0 spiro atoms. The van der Waals surface area contributed by atoms with E-state index in [0.29, 0.717) is 5.52 Å². The average molecular weight is 269 g/mol. The summed E-state index contributed by atoms with van der Waals surface area (Å²) < 4.78 is 7.21. The Balaban J connectivity index is 2.15. The fourth-order valence-electron chi connectivity index (χ4n) is 2.06. The molecule has 102 valence electrons. The van der Waals surface area contributed by atoms with E-state index in [1.807, 2.05) is 49.4 Å². The number of hydrogen-bond donors (Lipinski definition) is 0. The standard InChI is InChI=1S/C15H15N3O2/c1-15(2,3)20-14(19)13-12-8-16-10-6-4-5-7-11(10)18(12)9-17-13/h4-9H,1-3H3. The van der Waals surface area contributed by atoms with Gasteiger partial charge in [-0.2, -0.15) is 0 Å². The first kappa shape index (κ1) is 12.6. The highest BCUT2D eigenvalue weighted by Gasteiger charge is 2.22. The number of benzene rings is 1. The third-order valence-corrected chi connectivity index (χ3v) is 2.86. The van der Waals surface area contributed by atoms with Gasteiger partial charge in [-0.15, -0.1) is 0 Å². The summed E-state index contributed by atoms with van der Waals surface area (Å²) in [5.74, 6) is -0.433. The Bertz CT molecular complexity index is 800. The Kier molecular flexibility index (Phi) is 2.71. The second-order valence-electron chi connectivity index (χ2n) is 5.60. The molecule has 0 radical (unpaired) electrons. The Labute approximate surface area is 116 Å². The van der Waals surface area contributed by atoms with Crippen LogP contribution >= 0.6 is 0 Å². The molecule has 0 atom stereocenters. The minimum atomic E-state index is -0.544. The minimum absolute atomic E-state index is 0.290. The number of carbonyl (C=O) groups is 1. The third kappa shape index (κ3) is 2.11. The van der Waals surface area contributed by atoms with Crippen molar-refractivity contribution >= 4 is 22.5 Å². The van der Waals surface area contributed by atoms with Gasteiger partial charge in [0.05, 0.1) is 22.7 Å². The van der Waals surface area contributed by atoms with E-state index in [0.717, 1.165) is 11.0 Å². The quantitative estimate of drug-likeness (QED) is 0.637. The highest BCUT2D eigenvalue weighted by molar-refractivity contribution is 5.96. The number of ether oxygens (including phenoxy) is 1. The summed E-state index contributed by atoms with van der Waals surface area (Å²) >= 11 is 0. The Hall–Kier alpha value is -2.43. The van der Waals surface area contributed by atoms with E-state index in [1.54, 1.807) is 12.5 Å². The molecule has 0 N–H and O–H groups in total. The van der Waals surface area contributed by atoms with Crippen LogP contribution < -0.4 is 0 Å². The van der Waals surface area contributed by atoms with Crippen LogP contribution in [0.25, 0.3) is 16.6 Å². The molecule has 0 unspecified atom stereocenters. The third-order valence-electron chi connectivity index (χ3n) is 2.86. The molecule has 0 saturated heterocycles. The Morgan fingerprint density at radius 3 is 2.65 bits per heavy atom. The second-order valence-corrected chi connectivity index (χ2v) is 5.60. The summed E-state index contributed by atoms with van der Waals surface area (Å²) in [7, 11) is 0. The van der Waals surface area contributed by atoms with E-state index < -0.39 is 11.6 Å². The van der Waals surface area contributed by atoms with Crippen molar-refractivity contribution in [3.8, 4) is 0 Å². The zero-order valence-electron chi connectivity index (χ0n) is 11.6. The number of imidazole rings is 1. The first-order valence-electron chi connectivity index (χ1n) is 6.40. The van der Waals surface area contributed by atoms with Gasteiger partial charge in [0.2, 0.25) is 0 Å². The van der Waals surface area contributed by atoms with Gasteiger partial charge >= 0.3 is 5.97 Å². The van der Waals surface area contributed by atoms with Crippen molar-refractivity contribution < 1.29 is 9.53 Å². The van der Waals surface area contributed by atoms with Gasteiger partial charge in [-0.1, -0.05) is 12.1 Å². The van der Waals surface area contributed by atoms with Crippen molar-refractivity contribution in [3.63, 3.8) is 0 Å². The van der Waals surface area contributed by atoms with Crippen LogP contribution in [0.2, 0.25) is 0 Å². The van der Waals surface area contributed by atoms with E-state index in [4.69, 9.17) is 4.74 Å². The van der Waals surface area contributed by atoms with Crippen molar-refractivity contribution in [3.05, 3.63) is 42.5 Å². The fourth-order valence-corrected chi connectivity index (χ4v) is 2.06. The summed E-state index contributed by atoms with van der Waals surface area (Å²) in [6.07, 6.45) is 3.27. The number of fused-ring (bicyclic) bond motifs is 3. The average Bonchev–Trinajstić information content (AvgIpc) is 2.81. The van der Waals surface area contributed by atoms with Crippen LogP contribution in [-0.4, -0.2) is 25.9 Å². The molecule has 5 nitrogen and oxygen atoms in total. The van der Waals surface area contributed by atoms with Gasteiger partial charge in [0.1, 0.15) is 11.9 Å². The Morgan fingerprint density at radius 2 is 1.90 bits per heavy atom. The molecule has 5 heteroatoms. The highest BCUT2D eigenvalue weighted by Crippen LogP contribution is 2.19. The molecule has 2 heterocycles. The smallest absolute Gasteiger partial charge is 0.359 e. The number of carbonyl (C=O) groups excluding carboxylic acids is 1. The van der Waals surface area contributed by atoms with Crippen molar-refractivity contribution in [2.45, 2.75) is 26.4 Å². The lowest BCUT2D eigenvalue weighted by atomic mass is 10.2. The lowest BCUT2D eigenvalue weighted by Crippen LogP contribution is -2.24. The molecule has 0 amide bonds. The summed E-state index contributed by atoms with van der Waals surface area (Å²) in [5, 5.41) is 0. The van der Waals surface area contributed by atoms with Gasteiger partial charge in [-0.3, -0.25) is 9.38 Å². The van der Waals surface area contributed by atoms with E-state index in [-0.39, 0.29) is 5.69 Å². The molecule has 0 aliphatic carbocycles. The molecular formula is C15H15N3O2. The molecule has 3 aromatic rings. The van der Waals surface area contributed by atoms with Gasteiger partial charge in [-0.25, -0.2) is 9.78 Å². The largest absolute Gasteiger partial charge is 0.455 e. The predicted molar refractivity (Wildman–Crippen MR) is 75.7 cm³/mol. The van der Waals surface area contributed by atoms with E-state index in [1.165, 1.54) is 0 Å². The van der Waals surface area contributed by atoms with E-state index >= 15 is 0 Å². The molecule has 0 saturated carbocycles. The Morgan fingerprint density at radius 1 is 1.15 bits per heavy atom. The molecule has 1 aromatic carbocycles. The predicted octanol–water partition coefficient (Wildman–Crippen LogP) is 2.84. The van der Waals surface area contributed by atoms with Crippen LogP contribution in [0, 0.1) is 0 Å². The summed E-state index contributed by atoms with van der Waals surface area (Å²) in [4.78, 5) is 20.7. The molecular weight excluding hydrogens is 254 g/mol. The van der Waals surface area contributed by atoms with Crippen LogP contribution in [0.5, 0.6) is 0 Å². The number of nitrogens with zero attached hydrogens (tertiary/aromatic N) is 3. The maximum atomic E-state index is 12.1. The van der Waals surface area contributed by atoms with Gasteiger partial charge < -0.3 is 4.74 Å². The summed E-state index contributed by atoms with van der Waals surface area (Å²) in [6.45, 7) is 5.49. The minimum Gasteiger partial charge on any atom is -0.455 e.